The molecular formula is C9H22N2. The number of hydrogen-bond donors (Lipinski definition) is 1. The van der Waals surface area contributed by atoms with Gasteiger partial charge in [0.15, 0.2) is 0 Å². The van der Waals surface area contributed by atoms with E-state index in [4.69, 9.17) is 0 Å². The van der Waals surface area contributed by atoms with Crippen LogP contribution in [0.15, 0.2) is 0 Å². The van der Waals surface area contributed by atoms with Gasteiger partial charge >= 0.3 is 0 Å². The molecule has 0 fully saturated rings. The van der Waals surface area contributed by atoms with E-state index < -0.39 is 0 Å². The fourth-order valence-electron chi connectivity index (χ4n) is 0.957. The number of hydrogen-bond acceptors (Lipinski definition) is 2. The van der Waals surface area contributed by atoms with E-state index in [0.717, 1.165) is 13.1 Å². The highest BCUT2D eigenvalue weighted by Gasteiger charge is 2.02. The molecule has 0 aromatic rings. The van der Waals surface area contributed by atoms with Gasteiger partial charge in [0, 0.05) is 6.04 Å². The topological polar surface area (TPSA) is 15.3 Å². The largest absolute Gasteiger partial charge is 0.317 e. The lowest BCUT2D eigenvalue weighted by molar-refractivity contribution is 0.293. The molecule has 2 nitrogen and oxygen atoms in total. The van der Waals surface area contributed by atoms with Crippen LogP contribution in [0.4, 0.5) is 0 Å². The monoisotopic (exact) mass is 158 g/mol. The van der Waals surface area contributed by atoms with E-state index in [-0.39, 0.29) is 0 Å². The highest BCUT2D eigenvalue weighted by molar-refractivity contribution is 4.59. The zero-order chi connectivity index (χ0) is 8.69. The molecule has 2 heteroatoms. The van der Waals surface area contributed by atoms with Crippen molar-refractivity contribution in [2.24, 2.45) is 0 Å². The molecule has 1 N–H and O–H groups in total. The molecule has 0 spiro atoms. The van der Waals surface area contributed by atoms with Gasteiger partial charge in [-0.25, -0.2) is 0 Å². The number of rotatable bonds is 6. The molecular weight excluding hydrogens is 136 g/mol. The van der Waals surface area contributed by atoms with Crippen molar-refractivity contribution in [1.82, 2.24) is 10.2 Å². The Hall–Kier alpha value is -0.0800. The summed E-state index contributed by atoms with van der Waals surface area (Å²) in [7, 11) is 4.27. The van der Waals surface area contributed by atoms with Gasteiger partial charge in [-0.3, -0.25) is 0 Å². The predicted octanol–water partition coefficient (Wildman–Crippen LogP) is 1.33. The summed E-state index contributed by atoms with van der Waals surface area (Å²) >= 11 is 0. The molecule has 0 aliphatic heterocycles. The molecule has 0 bridgehead atoms. The van der Waals surface area contributed by atoms with Gasteiger partial charge in [0.25, 0.3) is 0 Å². The van der Waals surface area contributed by atoms with Crippen molar-refractivity contribution in [2.45, 2.75) is 32.7 Å². The zero-order valence-electron chi connectivity index (χ0n) is 8.35. The molecule has 0 radical (unpaired) electrons. The summed E-state index contributed by atoms with van der Waals surface area (Å²) in [6.45, 7) is 6.67. The summed E-state index contributed by atoms with van der Waals surface area (Å²) in [5.41, 5.74) is 0. The Morgan fingerprint density at radius 2 is 2.00 bits per heavy atom. The van der Waals surface area contributed by atoms with Crippen LogP contribution in [0, 0.1) is 0 Å². The lowest BCUT2D eigenvalue weighted by Crippen LogP contribution is -2.26. The average molecular weight is 158 g/mol. The van der Waals surface area contributed by atoms with Crippen LogP contribution in [-0.2, 0) is 0 Å². The molecule has 0 saturated heterocycles. The molecule has 0 rings (SSSR count). The summed E-state index contributed by atoms with van der Waals surface area (Å²) in [6.07, 6.45) is 2.58. The lowest BCUT2D eigenvalue weighted by Gasteiger charge is -2.19. The van der Waals surface area contributed by atoms with E-state index in [2.05, 4.69) is 38.2 Å². The molecule has 0 heterocycles. The number of nitrogens with one attached hydrogen (secondary N) is 1. The van der Waals surface area contributed by atoms with Crippen LogP contribution >= 0.6 is 0 Å². The van der Waals surface area contributed by atoms with E-state index in [1.165, 1.54) is 12.8 Å². The minimum Gasteiger partial charge on any atom is -0.317 e. The van der Waals surface area contributed by atoms with Gasteiger partial charge in [0.2, 0.25) is 0 Å². The first-order valence-electron chi connectivity index (χ1n) is 4.55. The second-order valence-corrected chi connectivity index (χ2v) is 3.31. The standard InChI is InChI=1S/C9H22N2/c1-5-10-8-6-7-9(2)11(3)4/h9-10H,5-8H2,1-4H3. The third kappa shape index (κ3) is 6.32. The van der Waals surface area contributed by atoms with E-state index in [0.29, 0.717) is 6.04 Å². The van der Waals surface area contributed by atoms with Crippen molar-refractivity contribution in [3.8, 4) is 0 Å². The summed E-state index contributed by atoms with van der Waals surface area (Å²) < 4.78 is 0. The maximum Gasteiger partial charge on any atom is 0.00613 e. The quantitative estimate of drug-likeness (QED) is 0.587. The van der Waals surface area contributed by atoms with E-state index >= 15 is 0 Å². The second kappa shape index (κ2) is 6.62. The molecule has 0 aliphatic carbocycles. The zero-order valence-corrected chi connectivity index (χ0v) is 8.35. The highest BCUT2D eigenvalue weighted by atomic mass is 15.1. The van der Waals surface area contributed by atoms with E-state index in [1.54, 1.807) is 0 Å². The van der Waals surface area contributed by atoms with Gasteiger partial charge in [-0.2, -0.15) is 0 Å². The lowest BCUT2D eigenvalue weighted by atomic mass is 10.2. The second-order valence-electron chi connectivity index (χ2n) is 3.31. The van der Waals surface area contributed by atoms with Crippen LogP contribution in [-0.4, -0.2) is 38.1 Å². The first kappa shape index (κ1) is 10.9. The molecule has 11 heavy (non-hydrogen) atoms. The Labute approximate surface area is 71.0 Å². The number of nitrogens with zero attached hydrogens (tertiary/aromatic N) is 1. The molecule has 0 aromatic heterocycles. The maximum absolute atomic E-state index is 3.32. The predicted molar refractivity (Wildman–Crippen MR) is 50.9 cm³/mol. The van der Waals surface area contributed by atoms with Crippen molar-refractivity contribution in [3.05, 3.63) is 0 Å². The normalized spacial score (nSPS) is 13.9. The fraction of sp³-hybridized carbons (Fsp3) is 1.00. The minimum absolute atomic E-state index is 0.716. The SMILES string of the molecule is CCNCCCC(C)N(C)C. The van der Waals surface area contributed by atoms with Crippen molar-refractivity contribution in [3.63, 3.8) is 0 Å². The first-order chi connectivity index (χ1) is 5.18. The van der Waals surface area contributed by atoms with Crippen LogP contribution in [0.3, 0.4) is 0 Å². The Morgan fingerprint density at radius 3 is 2.45 bits per heavy atom. The summed E-state index contributed by atoms with van der Waals surface area (Å²) in [5.74, 6) is 0. The van der Waals surface area contributed by atoms with Gasteiger partial charge < -0.3 is 10.2 Å². The van der Waals surface area contributed by atoms with Crippen LogP contribution in [0.25, 0.3) is 0 Å². The molecule has 0 aliphatic rings. The van der Waals surface area contributed by atoms with Crippen molar-refractivity contribution >= 4 is 0 Å². The summed E-state index contributed by atoms with van der Waals surface area (Å²) in [5, 5.41) is 3.32. The summed E-state index contributed by atoms with van der Waals surface area (Å²) in [6, 6.07) is 0.716. The first-order valence-corrected chi connectivity index (χ1v) is 4.55. The molecule has 0 aromatic carbocycles. The van der Waals surface area contributed by atoms with Gasteiger partial charge in [0.05, 0.1) is 0 Å². The van der Waals surface area contributed by atoms with Gasteiger partial charge in [-0.05, 0) is 47.0 Å². The molecule has 1 unspecified atom stereocenters. The third-order valence-electron chi connectivity index (χ3n) is 2.11. The van der Waals surface area contributed by atoms with Crippen molar-refractivity contribution in [2.75, 3.05) is 27.2 Å². The highest BCUT2D eigenvalue weighted by Crippen LogP contribution is 2.00. The third-order valence-corrected chi connectivity index (χ3v) is 2.11. The average Bonchev–Trinajstić information content (AvgIpc) is 1.97. The van der Waals surface area contributed by atoms with Crippen molar-refractivity contribution < 1.29 is 0 Å². The van der Waals surface area contributed by atoms with Gasteiger partial charge in [0.1, 0.15) is 0 Å². The van der Waals surface area contributed by atoms with E-state index in [9.17, 15) is 0 Å². The van der Waals surface area contributed by atoms with Crippen LogP contribution in [0.2, 0.25) is 0 Å². The van der Waals surface area contributed by atoms with Crippen LogP contribution in [0.1, 0.15) is 26.7 Å². The summed E-state index contributed by atoms with van der Waals surface area (Å²) in [4.78, 5) is 2.27. The van der Waals surface area contributed by atoms with Crippen LogP contribution in [0.5, 0.6) is 0 Å². The van der Waals surface area contributed by atoms with Gasteiger partial charge in [-0.15, -0.1) is 0 Å². The molecule has 68 valence electrons. The maximum atomic E-state index is 3.32. The van der Waals surface area contributed by atoms with E-state index in [1.807, 2.05) is 0 Å². The smallest absolute Gasteiger partial charge is 0.00613 e. The Bertz CT molecular complexity index is 81.6. The van der Waals surface area contributed by atoms with Crippen LogP contribution < -0.4 is 5.32 Å². The molecule has 0 saturated carbocycles. The Morgan fingerprint density at radius 1 is 1.36 bits per heavy atom. The Kier molecular flexibility index (Phi) is 6.57. The van der Waals surface area contributed by atoms with Crippen molar-refractivity contribution in [1.29, 1.82) is 0 Å². The Balaban J connectivity index is 3.10. The molecule has 0 amide bonds. The van der Waals surface area contributed by atoms with Gasteiger partial charge in [-0.1, -0.05) is 6.92 Å². The minimum atomic E-state index is 0.716. The fourth-order valence-corrected chi connectivity index (χ4v) is 0.957. The molecule has 1 atom stereocenters.